The fraction of sp³-hybridized carbons (Fsp3) is 0.895. The number of hydrogen-bond donors (Lipinski definition) is 0. The van der Waals surface area contributed by atoms with Gasteiger partial charge in [-0.05, 0) is 67.6 Å². The maximum Gasteiger partial charge on any atom is 0.234 e. The zero-order valence-corrected chi connectivity index (χ0v) is 14.5. The summed E-state index contributed by atoms with van der Waals surface area (Å²) in [6.45, 7) is 5.95. The van der Waals surface area contributed by atoms with Crippen molar-refractivity contribution in [3.8, 4) is 0 Å². The van der Waals surface area contributed by atoms with Gasteiger partial charge in [-0.1, -0.05) is 26.7 Å². The van der Waals surface area contributed by atoms with E-state index in [-0.39, 0.29) is 0 Å². The van der Waals surface area contributed by atoms with Gasteiger partial charge in [0.15, 0.2) is 0 Å². The van der Waals surface area contributed by atoms with Crippen molar-refractivity contribution in [2.45, 2.75) is 58.8 Å². The molecule has 2 rings (SSSR count). The summed E-state index contributed by atoms with van der Waals surface area (Å²) in [6.07, 6.45) is 12.2. The largest absolute Gasteiger partial charge is 0.234 e. The Kier molecular flexibility index (Phi) is 7.20. The number of hydrogen-bond acceptors (Lipinski definition) is 4. The second kappa shape index (κ2) is 9.15. The molecule has 2 fully saturated rings. The minimum atomic E-state index is 0.573. The molecule has 0 N–H and O–H groups in total. The van der Waals surface area contributed by atoms with E-state index in [9.17, 15) is 9.59 Å². The van der Waals surface area contributed by atoms with E-state index in [4.69, 9.17) is 0 Å². The second-order valence-electron chi connectivity index (χ2n) is 7.93. The topological polar surface area (TPSA) is 58.9 Å². The van der Waals surface area contributed by atoms with Gasteiger partial charge >= 0.3 is 0 Å². The molecule has 2 aliphatic rings. The van der Waals surface area contributed by atoms with Gasteiger partial charge in [0.25, 0.3) is 0 Å². The Hall–Kier alpha value is -1.24. The van der Waals surface area contributed by atoms with Crippen LogP contribution in [0.1, 0.15) is 58.8 Å². The van der Waals surface area contributed by atoms with Crippen LogP contribution in [-0.4, -0.2) is 25.2 Å². The quantitative estimate of drug-likeness (QED) is 0.545. The van der Waals surface area contributed by atoms with Crippen molar-refractivity contribution in [3.63, 3.8) is 0 Å². The maximum atomic E-state index is 10.3. The Bertz CT molecular complexity index is 424. The minimum Gasteiger partial charge on any atom is -0.211 e. The maximum absolute atomic E-state index is 10.3. The van der Waals surface area contributed by atoms with Crippen LogP contribution in [0, 0.1) is 35.5 Å². The molecule has 0 amide bonds. The molecule has 128 valence electrons. The molecule has 0 aromatic heterocycles. The summed E-state index contributed by atoms with van der Waals surface area (Å²) >= 11 is 0. The van der Waals surface area contributed by atoms with Gasteiger partial charge in [-0.15, -0.1) is 0 Å². The molecule has 0 heterocycles. The van der Waals surface area contributed by atoms with Crippen molar-refractivity contribution in [2.75, 3.05) is 13.1 Å². The highest BCUT2D eigenvalue weighted by Gasteiger charge is 2.32. The molecule has 0 radical (unpaired) electrons. The van der Waals surface area contributed by atoms with Gasteiger partial charge in [0.1, 0.15) is 0 Å². The van der Waals surface area contributed by atoms with Crippen molar-refractivity contribution in [2.24, 2.45) is 45.5 Å². The summed E-state index contributed by atoms with van der Waals surface area (Å²) in [5.41, 5.74) is 0. The van der Waals surface area contributed by atoms with Crippen LogP contribution in [0.4, 0.5) is 0 Å². The van der Waals surface area contributed by atoms with E-state index in [1.54, 1.807) is 12.2 Å². The normalized spacial score (nSPS) is 37.5. The Morgan fingerprint density at radius 2 is 1.22 bits per heavy atom. The van der Waals surface area contributed by atoms with Crippen LogP contribution in [-0.2, 0) is 9.59 Å². The van der Waals surface area contributed by atoms with Gasteiger partial charge in [-0.2, -0.15) is 0 Å². The average molecular weight is 318 g/mol. The Labute approximate surface area is 139 Å². The van der Waals surface area contributed by atoms with E-state index in [1.807, 2.05) is 0 Å². The first-order valence-electron chi connectivity index (χ1n) is 9.21. The molecule has 4 heteroatoms. The molecule has 2 saturated carbocycles. The molecule has 6 atom stereocenters. The third-order valence-electron chi connectivity index (χ3n) is 6.36. The van der Waals surface area contributed by atoms with Gasteiger partial charge in [-0.25, -0.2) is 19.6 Å². The Balaban J connectivity index is 1.76. The second-order valence-corrected chi connectivity index (χ2v) is 7.93. The lowest BCUT2D eigenvalue weighted by Crippen LogP contribution is -2.29. The summed E-state index contributed by atoms with van der Waals surface area (Å²) in [7, 11) is 0. The number of rotatable bonds is 6. The summed E-state index contributed by atoms with van der Waals surface area (Å²) < 4.78 is 0. The molecule has 0 bridgehead atoms. The summed E-state index contributed by atoms with van der Waals surface area (Å²) in [4.78, 5) is 28.1. The van der Waals surface area contributed by atoms with Gasteiger partial charge < -0.3 is 0 Å². The standard InChI is InChI=1S/C19H30N2O2/c1-14-7-16(3-5-18(14)10-20-12-22)9-17-4-6-19(11-21-13-23)15(2)8-17/h14-19H,3-11H2,1-2H3. The van der Waals surface area contributed by atoms with Crippen LogP contribution in [0.2, 0.25) is 0 Å². The van der Waals surface area contributed by atoms with Gasteiger partial charge in [-0.3, -0.25) is 0 Å². The molecule has 0 saturated heterocycles. The number of isocyanates is 2. The van der Waals surface area contributed by atoms with E-state index >= 15 is 0 Å². The average Bonchev–Trinajstić information content (AvgIpc) is 2.53. The predicted octanol–water partition coefficient (Wildman–Crippen LogP) is 4.15. The van der Waals surface area contributed by atoms with Crippen LogP contribution < -0.4 is 0 Å². The summed E-state index contributed by atoms with van der Waals surface area (Å²) in [5, 5.41) is 0. The molecule has 4 nitrogen and oxygen atoms in total. The number of nitrogens with zero attached hydrogens (tertiary/aromatic N) is 2. The molecule has 0 aromatic rings. The lowest BCUT2D eigenvalue weighted by molar-refractivity contribution is 0.133. The van der Waals surface area contributed by atoms with E-state index < -0.39 is 0 Å². The van der Waals surface area contributed by atoms with Crippen molar-refractivity contribution in [3.05, 3.63) is 0 Å². The van der Waals surface area contributed by atoms with Crippen molar-refractivity contribution in [1.82, 2.24) is 0 Å². The first-order valence-corrected chi connectivity index (χ1v) is 9.21. The fourth-order valence-corrected chi connectivity index (χ4v) is 4.89. The minimum absolute atomic E-state index is 0.573. The van der Waals surface area contributed by atoms with E-state index in [0.29, 0.717) is 36.8 Å². The Morgan fingerprint density at radius 3 is 1.57 bits per heavy atom. The van der Waals surface area contributed by atoms with Crippen molar-refractivity contribution in [1.29, 1.82) is 0 Å². The summed E-state index contributed by atoms with van der Waals surface area (Å²) in [6, 6.07) is 0. The molecule has 23 heavy (non-hydrogen) atoms. The molecular formula is C19H30N2O2. The Morgan fingerprint density at radius 1 is 0.783 bits per heavy atom. The lowest BCUT2D eigenvalue weighted by atomic mass is 9.68. The van der Waals surface area contributed by atoms with Crippen LogP contribution in [0.5, 0.6) is 0 Å². The highest BCUT2D eigenvalue weighted by Crippen LogP contribution is 2.42. The molecular weight excluding hydrogens is 288 g/mol. The van der Waals surface area contributed by atoms with Crippen LogP contribution in [0.3, 0.4) is 0 Å². The third kappa shape index (κ3) is 5.41. The number of aliphatic imine (C=N–C) groups is 2. The molecule has 6 unspecified atom stereocenters. The lowest BCUT2D eigenvalue weighted by Gasteiger charge is -2.38. The highest BCUT2D eigenvalue weighted by atomic mass is 16.1. The first-order chi connectivity index (χ1) is 11.1. The van der Waals surface area contributed by atoms with E-state index in [1.165, 1.54) is 44.9 Å². The van der Waals surface area contributed by atoms with Gasteiger partial charge in [0.2, 0.25) is 12.2 Å². The third-order valence-corrected chi connectivity index (χ3v) is 6.36. The molecule has 0 spiro atoms. The zero-order valence-electron chi connectivity index (χ0n) is 14.5. The zero-order chi connectivity index (χ0) is 16.7. The molecule has 2 aliphatic carbocycles. The van der Waals surface area contributed by atoms with Crippen molar-refractivity contribution < 1.29 is 9.59 Å². The van der Waals surface area contributed by atoms with E-state index in [2.05, 4.69) is 23.8 Å². The first kappa shape index (κ1) is 18.1. The predicted molar refractivity (Wildman–Crippen MR) is 90.6 cm³/mol. The van der Waals surface area contributed by atoms with Crippen molar-refractivity contribution >= 4 is 12.2 Å². The SMILES string of the molecule is CC1CC(CC2CCC(CN=C=O)C(C)C2)CCC1CN=C=O. The van der Waals surface area contributed by atoms with Crippen LogP contribution in [0.25, 0.3) is 0 Å². The number of carbonyl (C=O) groups excluding carboxylic acids is 2. The monoisotopic (exact) mass is 318 g/mol. The fourth-order valence-electron chi connectivity index (χ4n) is 4.89. The van der Waals surface area contributed by atoms with Gasteiger partial charge in [0.05, 0.1) is 13.1 Å². The van der Waals surface area contributed by atoms with Crippen LogP contribution >= 0.6 is 0 Å². The van der Waals surface area contributed by atoms with Gasteiger partial charge in [0, 0.05) is 0 Å². The highest BCUT2D eigenvalue weighted by molar-refractivity contribution is 5.33. The smallest absolute Gasteiger partial charge is 0.211 e. The summed E-state index contributed by atoms with van der Waals surface area (Å²) in [5.74, 6) is 4.15. The molecule has 0 aromatic carbocycles. The molecule has 0 aliphatic heterocycles. The van der Waals surface area contributed by atoms with Crippen LogP contribution in [0.15, 0.2) is 9.98 Å². The van der Waals surface area contributed by atoms with E-state index in [0.717, 1.165) is 11.8 Å².